The second-order valence-corrected chi connectivity index (χ2v) is 6.14. The van der Waals surface area contributed by atoms with Gasteiger partial charge >= 0.3 is 0 Å². The summed E-state index contributed by atoms with van der Waals surface area (Å²) in [5, 5.41) is 10.6. The summed E-state index contributed by atoms with van der Waals surface area (Å²) in [7, 11) is 6.41. The molecule has 2 aromatic carbocycles. The first-order valence-electron chi connectivity index (χ1n) is 8.48. The number of ether oxygens (including phenoxy) is 4. The summed E-state index contributed by atoms with van der Waals surface area (Å²) in [6.07, 6.45) is 2.95. The van der Waals surface area contributed by atoms with E-state index in [1.165, 1.54) is 5.56 Å². The Bertz CT molecular complexity index is 800. The second kappa shape index (κ2) is 7.70. The summed E-state index contributed by atoms with van der Waals surface area (Å²) < 4.78 is 21.5. The van der Waals surface area contributed by atoms with E-state index in [0.717, 1.165) is 28.9 Å². The molecule has 0 aromatic heterocycles. The van der Waals surface area contributed by atoms with Gasteiger partial charge in [0.1, 0.15) is 5.75 Å². The van der Waals surface area contributed by atoms with Crippen LogP contribution in [0.15, 0.2) is 30.3 Å². The van der Waals surface area contributed by atoms with Crippen molar-refractivity contribution in [2.24, 2.45) is 0 Å². The molecule has 0 spiro atoms. The van der Waals surface area contributed by atoms with Crippen LogP contribution in [0.2, 0.25) is 0 Å². The molecule has 1 aliphatic rings. The largest absolute Gasteiger partial charge is 0.497 e. The van der Waals surface area contributed by atoms with Gasteiger partial charge in [0.2, 0.25) is 5.75 Å². The lowest BCUT2D eigenvalue weighted by molar-refractivity contribution is 0.219. The molecule has 1 atom stereocenters. The Hall–Kier alpha value is -2.66. The molecule has 0 fully saturated rings. The smallest absolute Gasteiger partial charge is 0.203 e. The fraction of sp³-hybridized carbons (Fsp3) is 0.333. The van der Waals surface area contributed by atoms with E-state index in [1.54, 1.807) is 28.4 Å². The number of aliphatic hydroxyl groups is 1. The highest BCUT2D eigenvalue weighted by atomic mass is 16.5. The third kappa shape index (κ3) is 3.35. The van der Waals surface area contributed by atoms with E-state index in [0.29, 0.717) is 23.7 Å². The van der Waals surface area contributed by atoms with E-state index < -0.39 is 6.10 Å². The van der Waals surface area contributed by atoms with Crippen molar-refractivity contribution < 1.29 is 24.1 Å². The average Bonchev–Trinajstić information content (AvgIpc) is 2.68. The maximum Gasteiger partial charge on any atom is 0.203 e. The highest BCUT2D eigenvalue weighted by Gasteiger charge is 2.23. The topological polar surface area (TPSA) is 57.2 Å². The predicted molar refractivity (Wildman–Crippen MR) is 101 cm³/mol. The molecular formula is C21H24O5. The van der Waals surface area contributed by atoms with Gasteiger partial charge in [-0.2, -0.15) is 0 Å². The zero-order valence-corrected chi connectivity index (χ0v) is 15.5. The third-order valence-electron chi connectivity index (χ3n) is 4.68. The van der Waals surface area contributed by atoms with Crippen LogP contribution >= 0.6 is 0 Å². The van der Waals surface area contributed by atoms with E-state index in [2.05, 4.69) is 0 Å². The van der Waals surface area contributed by atoms with Crippen molar-refractivity contribution in [2.45, 2.75) is 18.9 Å². The number of hydrogen-bond donors (Lipinski definition) is 1. The van der Waals surface area contributed by atoms with Gasteiger partial charge in [0.25, 0.3) is 0 Å². The van der Waals surface area contributed by atoms with Crippen LogP contribution in [0.1, 0.15) is 23.1 Å². The maximum atomic E-state index is 10.6. The first-order valence-corrected chi connectivity index (χ1v) is 8.48. The Morgan fingerprint density at radius 3 is 2.19 bits per heavy atom. The van der Waals surface area contributed by atoms with Crippen LogP contribution in [0, 0.1) is 0 Å². The molecule has 26 heavy (non-hydrogen) atoms. The number of hydrogen-bond acceptors (Lipinski definition) is 5. The van der Waals surface area contributed by atoms with Crippen LogP contribution < -0.4 is 18.9 Å². The van der Waals surface area contributed by atoms with Gasteiger partial charge in [-0.05, 0) is 65.4 Å². The zero-order valence-electron chi connectivity index (χ0n) is 15.5. The molecule has 0 heterocycles. The fourth-order valence-corrected chi connectivity index (χ4v) is 3.35. The van der Waals surface area contributed by atoms with Gasteiger partial charge in [0.05, 0.1) is 34.5 Å². The van der Waals surface area contributed by atoms with Crippen molar-refractivity contribution in [3.05, 3.63) is 47.0 Å². The van der Waals surface area contributed by atoms with Crippen molar-refractivity contribution in [1.82, 2.24) is 0 Å². The Morgan fingerprint density at radius 1 is 0.923 bits per heavy atom. The molecule has 1 aliphatic carbocycles. The molecular weight excluding hydrogens is 332 g/mol. The monoisotopic (exact) mass is 356 g/mol. The zero-order chi connectivity index (χ0) is 18.7. The van der Waals surface area contributed by atoms with Gasteiger partial charge in [0.15, 0.2) is 11.5 Å². The van der Waals surface area contributed by atoms with Crippen LogP contribution in [-0.2, 0) is 6.42 Å². The van der Waals surface area contributed by atoms with E-state index >= 15 is 0 Å². The first-order chi connectivity index (χ1) is 12.6. The van der Waals surface area contributed by atoms with Gasteiger partial charge in [-0.1, -0.05) is 6.07 Å². The quantitative estimate of drug-likeness (QED) is 0.888. The van der Waals surface area contributed by atoms with Gasteiger partial charge in [-0.3, -0.25) is 0 Å². The van der Waals surface area contributed by atoms with Crippen LogP contribution in [-0.4, -0.2) is 39.6 Å². The molecule has 1 N–H and O–H groups in total. The van der Waals surface area contributed by atoms with Crippen molar-refractivity contribution in [3.8, 4) is 23.0 Å². The normalized spacial score (nSPS) is 17.6. The van der Waals surface area contributed by atoms with Gasteiger partial charge in [0, 0.05) is 0 Å². The predicted octanol–water partition coefficient (Wildman–Crippen LogP) is 3.57. The minimum atomic E-state index is -0.519. The highest BCUT2D eigenvalue weighted by molar-refractivity contribution is 5.87. The van der Waals surface area contributed by atoms with E-state index in [4.69, 9.17) is 18.9 Å². The van der Waals surface area contributed by atoms with Crippen LogP contribution in [0.5, 0.6) is 23.0 Å². The van der Waals surface area contributed by atoms with Gasteiger partial charge in [-0.25, -0.2) is 0 Å². The summed E-state index contributed by atoms with van der Waals surface area (Å²) >= 11 is 0. The summed E-state index contributed by atoms with van der Waals surface area (Å²) in [4.78, 5) is 0. The van der Waals surface area contributed by atoms with E-state index in [-0.39, 0.29) is 0 Å². The minimum absolute atomic E-state index is 0.519. The number of aliphatic hydroxyl groups excluding tert-OH is 1. The standard InChI is InChI=1S/C21H24O5/c1-23-15-6-7-16-14(12-15)5-8-18(22)17(16)9-13-10-19(24-2)21(26-4)20(11-13)25-3/h6-7,9-12,18,22H,5,8H2,1-4H3/b17-9+/t18-/m1/s1. The van der Waals surface area contributed by atoms with Crippen molar-refractivity contribution in [2.75, 3.05) is 28.4 Å². The number of rotatable bonds is 5. The van der Waals surface area contributed by atoms with Gasteiger partial charge < -0.3 is 24.1 Å². The molecule has 0 bridgehead atoms. The summed E-state index contributed by atoms with van der Waals surface area (Å²) in [6, 6.07) is 9.70. The van der Waals surface area contributed by atoms with Crippen LogP contribution in [0.3, 0.4) is 0 Å². The van der Waals surface area contributed by atoms with Crippen LogP contribution in [0.4, 0.5) is 0 Å². The molecule has 5 nitrogen and oxygen atoms in total. The highest BCUT2D eigenvalue weighted by Crippen LogP contribution is 2.40. The van der Waals surface area contributed by atoms with Crippen molar-refractivity contribution >= 4 is 11.6 Å². The Balaban J connectivity index is 2.10. The summed E-state index contributed by atoms with van der Waals surface area (Å²) in [5.41, 5.74) is 3.96. The average molecular weight is 356 g/mol. The van der Waals surface area contributed by atoms with E-state index in [1.807, 2.05) is 36.4 Å². The van der Waals surface area contributed by atoms with Gasteiger partial charge in [-0.15, -0.1) is 0 Å². The molecule has 2 aromatic rings. The number of aryl methyl sites for hydroxylation is 1. The maximum absolute atomic E-state index is 10.6. The molecule has 0 radical (unpaired) electrons. The van der Waals surface area contributed by atoms with Crippen LogP contribution in [0.25, 0.3) is 11.6 Å². The lowest BCUT2D eigenvalue weighted by Gasteiger charge is -2.25. The first kappa shape index (κ1) is 18.1. The Morgan fingerprint density at radius 2 is 1.62 bits per heavy atom. The van der Waals surface area contributed by atoms with Crippen molar-refractivity contribution in [1.29, 1.82) is 0 Å². The third-order valence-corrected chi connectivity index (χ3v) is 4.68. The molecule has 0 saturated carbocycles. The number of fused-ring (bicyclic) bond motifs is 1. The van der Waals surface area contributed by atoms with E-state index in [9.17, 15) is 5.11 Å². The summed E-state index contributed by atoms with van der Waals surface area (Å²) in [6.45, 7) is 0. The lowest BCUT2D eigenvalue weighted by Crippen LogP contribution is -2.17. The second-order valence-electron chi connectivity index (χ2n) is 6.14. The Kier molecular flexibility index (Phi) is 5.38. The lowest BCUT2D eigenvalue weighted by atomic mass is 9.84. The molecule has 138 valence electrons. The molecule has 0 aliphatic heterocycles. The van der Waals surface area contributed by atoms with Crippen molar-refractivity contribution in [3.63, 3.8) is 0 Å². The number of benzene rings is 2. The summed E-state index contributed by atoms with van der Waals surface area (Å²) in [5.74, 6) is 2.54. The SMILES string of the molecule is COc1ccc2c(c1)CC[C@@H](O)/C2=C/c1cc(OC)c(OC)c(OC)c1. The molecule has 0 saturated heterocycles. The molecule has 0 unspecified atom stereocenters. The Labute approximate surface area is 153 Å². The minimum Gasteiger partial charge on any atom is -0.497 e. The molecule has 3 rings (SSSR count). The molecule has 0 amide bonds. The number of methoxy groups -OCH3 is 4. The molecule has 5 heteroatoms. The fourth-order valence-electron chi connectivity index (χ4n) is 3.35.